The predicted molar refractivity (Wildman–Crippen MR) is 73.2 cm³/mol. The molecule has 1 aliphatic rings. The van der Waals surface area contributed by atoms with Crippen LogP contribution in [0.25, 0.3) is 0 Å². The van der Waals surface area contributed by atoms with Gasteiger partial charge in [-0.25, -0.2) is 19.4 Å². The highest BCUT2D eigenvalue weighted by Crippen LogP contribution is 2.14. The molecule has 3 heterocycles. The predicted octanol–water partition coefficient (Wildman–Crippen LogP) is -0.415. The lowest BCUT2D eigenvalue weighted by Gasteiger charge is -2.15. The Balaban J connectivity index is 1.56. The summed E-state index contributed by atoms with van der Waals surface area (Å²) in [6, 6.07) is 2.12. The third-order valence-electron chi connectivity index (χ3n) is 3.36. The third-order valence-corrected chi connectivity index (χ3v) is 3.36. The van der Waals surface area contributed by atoms with Crippen molar-refractivity contribution in [2.24, 2.45) is 7.05 Å². The Morgan fingerprint density at radius 3 is 2.95 bits per heavy atom. The van der Waals surface area contributed by atoms with E-state index in [4.69, 9.17) is 0 Å². The molecule has 1 saturated heterocycles. The summed E-state index contributed by atoms with van der Waals surface area (Å²) < 4.78 is 1.32. The molecule has 0 aliphatic carbocycles. The van der Waals surface area contributed by atoms with E-state index in [1.165, 1.54) is 4.68 Å². The van der Waals surface area contributed by atoms with Gasteiger partial charge in [0.1, 0.15) is 5.82 Å². The highest BCUT2D eigenvalue weighted by Gasteiger charge is 2.23. The highest BCUT2D eigenvalue weighted by molar-refractivity contribution is 5.25. The van der Waals surface area contributed by atoms with E-state index >= 15 is 0 Å². The largest absolute Gasteiger partial charge is 0.350 e. The Labute approximate surface area is 115 Å². The van der Waals surface area contributed by atoms with Crippen molar-refractivity contribution in [1.82, 2.24) is 29.6 Å². The van der Waals surface area contributed by atoms with Gasteiger partial charge in [0.25, 0.3) is 0 Å². The number of nitrogens with zero attached hydrogens (tertiary/aromatic N) is 5. The molecule has 0 spiro atoms. The number of aromatic amines is 1. The molecule has 2 aromatic heterocycles. The maximum atomic E-state index is 11.3. The van der Waals surface area contributed by atoms with Crippen LogP contribution < -0.4 is 11.0 Å². The molecule has 1 fully saturated rings. The van der Waals surface area contributed by atoms with Gasteiger partial charge < -0.3 is 5.32 Å². The molecule has 0 radical (unpaired) electrons. The summed E-state index contributed by atoms with van der Waals surface area (Å²) in [7, 11) is 1.64. The molecule has 0 saturated carbocycles. The average molecular weight is 275 g/mol. The maximum Gasteiger partial charge on any atom is 0.343 e. The van der Waals surface area contributed by atoms with Gasteiger partial charge in [-0.3, -0.25) is 9.88 Å². The van der Waals surface area contributed by atoms with E-state index in [2.05, 4.69) is 30.3 Å². The van der Waals surface area contributed by atoms with Crippen LogP contribution in [0.15, 0.2) is 23.3 Å². The molecular weight excluding hydrogens is 258 g/mol. The van der Waals surface area contributed by atoms with Gasteiger partial charge in [0.05, 0.1) is 6.54 Å². The number of aryl methyl sites for hydroxylation is 1. The zero-order valence-corrected chi connectivity index (χ0v) is 11.3. The first-order chi connectivity index (χ1) is 9.70. The summed E-state index contributed by atoms with van der Waals surface area (Å²) in [5.74, 6) is 1.36. The summed E-state index contributed by atoms with van der Waals surface area (Å²) in [6.45, 7) is 2.50. The first-order valence-electron chi connectivity index (χ1n) is 6.59. The fraction of sp³-hybridized carbons (Fsp3) is 0.500. The minimum atomic E-state index is -0.174. The van der Waals surface area contributed by atoms with Gasteiger partial charge in [-0.05, 0) is 12.5 Å². The number of hydrogen-bond donors (Lipinski definition) is 2. The Morgan fingerprint density at radius 1 is 1.45 bits per heavy atom. The number of aromatic nitrogens is 5. The molecule has 106 valence electrons. The van der Waals surface area contributed by atoms with Crippen molar-refractivity contribution >= 4 is 5.95 Å². The summed E-state index contributed by atoms with van der Waals surface area (Å²) in [5.41, 5.74) is -0.174. The number of hydrogen-bond acceptors (Lipinski definition) is 6. The van der Waals surface area contributed by atoms with Crippen molar-refractivity contribution < 1.29 is 0 Å². The van der Waals surface area contributed by atoms with Crippen LogP contribution >= 0.6 is 0 Å². The van der Waals surface area contributed by atoms with Crippen LogP contribution in [0.5, 0.6) is 0 Å². The summed E-state index contributed by atoms with van der Waals surface area (Å²) >= 11 is 0. The zero-order valence-electron chi connectivity index (χ0n) is 11.3. The Morgan fingerprint density at radius 2 is 2.25 bits per heavy atom. The van der Waals surface area contributed by atoms with Gasteiger partial charge >= 0.3 is 5.69 Å². The molecule has 20 heavy (non-hydrogen) atoms. The topological polar surface area (TPSA) is 91.7 Å². The first-order valence-corrected chi connectivity index (χ1v) is 6.59. The SMILES string of the molecule is Cn1nc(CN2CCC(Nc3ncccn3)C2)[nH]c1=O. The second kappa shape index (κ2) is 5.41. The van der Waals surface area contributed by atoms with Crippen LogP contribution in [0.2, 0.25) is 0 Å². The molecule has 8 heteroatoms. The Hall–Kier alpha value is -2.22. The van der Waals surface area contributed by atoms with Gasteiger partial charge in [-0.2, -0.15) is 5.10 Å². The number of rotatable bonds is 4. The smallest absolute Gasteiger partial charge is 0.343 e. The first kappa shape index (κ1) is 12.8. The van der Waals surface area contributed by atoms with Crippen LogP contribution in [0.3, 0.4) is 0 Å². The number of nitrogens with one attached hydrogen (secondary N) is 2. The van der Waals surface area contributed by atoms with E-state index in [-0.39, 0.29) is 5.69 Å². The summed E-state index contributed by atoms with van der Waals surface area (Å²) in [5, 5.41) is 7.46. The van der Waals surface area contributed by atoms with Crippen LogP contribution in [0.4, 0.5) is 5.95 Å². The Kier molecular flexibility index (Phi) is 3.46. The van der Waals surface area contributed by atoms with Crippen molar-refractivity contribution in [1.29, 1.82) is 0 Å². The van der Waals surface area contributed by atoms with Crippen molar-refractivity contribution in [2.75, 3.05) is 18.4 Å². The monoisotopic (exact) mass is 275 g/mol. The Bertz CT molecular complexity index is 620. The molecule has 0 amide bonds. The quantitative estimate of drug-likeness (QED) is 0.788. The van der Waals surface area contributed by atoms with E-state index < -0.39 is 0 Å². The van der Waals surface area contributed by atoms with Crippen LogP contribution in [-0.4, -0.2) is 48.8 Å². The lowest BCUT2D eigenvalue weighted by atomic mass is 10.3. The standard InChI is InChI=1S/C12H17N7O/c1-18-12(20)16-10(17-18)8-19-6-3-9(7-19)15-11-13-4-2-5-14-11/h2,4-5,9H,3,6-8H2,1H3,(H,13,14,15)(H,16,17,20). The van der Waals surface area contributed by atoms with Gasteiger partial charge in [-0.15, -0.1) is 0 Å². The number of likely N-dealkylation sites (tertiary alicyclic amines) is 1. The fourth-order valence-electron chi connectivity index (χ4n) is 2.39. The molecule has 2 N–H and O–H groups in total. The second-order valence-corrected chi connectivity index (χ2v) is 4.94. The summed E-state index contributed by atoms with van der Waals surface area (Å²) in [4.78, 5) is 24.6. The highest BCUT2D eigenvalue weighted by atomic mass is 16.1. The normalized spacial score (nSPS) is 19.4. The molecular formula is C12H17N7O. The van der Waals surface area contributed by atoms with Crippen molar-refractivity contribution in [3.63, 3.8) is 0 Å². The number of anilines is 1. The lowest BCUT2D eigenvalue weighted by Crippen LogP contribution is -2.27. The molecule has 8 nitrogen and oxygen atoms in total. The van der Waals surface area contributed by atoms with E-state index in [1.807, 2.05) is 0 Å². The minimum Gasteiger partial charge on any atom is -0.350 e. The maximum absolute atomic E-state index is 11.3. The van der Waals surface area contributed by atoms with Crippen LogP contribution in [0.1, 0.15) is 12.2 Å². The molecule has 0 aromatic carbocycles. The molecule has 3 rings (SSSR count). The van der Waals surface area contributed by atoms with E-state index in [1.54, 1.807) is 25.5 Å². The fourth-order valence-corrected chi connectivity index (χ4v) is 2.39. The minimum absolute atomic E-state index is 0.174. The lowest BCUT2D eigenvalue weighted by molar-refractivity contribution is 0.319. The van der Waals surface area contributed by atoms with Gasteiger partial charge in [0, 0.05) is 38.6 Å². The average Bonchev–Trinajstić information content (AvgIpc) is 2.99. The molecule has 1 aliphatic heterocycles. The van der Waals surface area contributed by atoms with Crippen LogP contribution in [-0.2, 0) is 13.6 Å². The van der Waals surface area contributed by atoms with Gasteiger partial charge in [0.15, 0.2) is 0 Å². The molecule has 1 unspecified atom stereocenters. The van der Waals surface area contributed by atoms with Gasteiger partial charge in [0.2, 0.25) is 5.95 Å². The number of H-pyrrole nitrogens is 1. The van der Waals surface area contributed by atoms with E-state index in [9.17, 15) is 4.79 Å². The third kappa shape index (κ3) is 2.85. The second-order valence-electron chi connectivity index (χ2n) is 4.94. The van der Waals surface area contributed by atoms with E-state index in [0.717, 1.165) is 19.5 Å². The zero-order chi connectivity index (χ0) is 13.9. The van der Waals surface area contributed by atoms with Gasteiger partial charge in [-0.1, -0.05) is 0 Å². The molecule has 0 bridgehead atoms. The van der Waals surface area contributed by atoms with Crippen molar-refractivity contribution in [3.8, 4) is 0 Å². The van der Waals surface area contributed by atoms with Crippen molar-refractivity contribution in [2.45, 2.75) is 19.0 Å². The summed E-state index contributed by atoms with van der Waals surface area (Å²) in [6.07, 6.45) is 4.47. The molecule has 2 aromatic rings. The van der Waals surface area contributed by atoms with E-state index in [0.29, 0.717) is 24.4 Å². The van der Waals surface area contributed by atoms with Crippen molar-refractivity contribution in [3.05, 3.63) is 34.8 Å². The van der Waals surface area contributed by atoms with Crippen LogP contribution in [0, 0.1) is 0 Å². The molecule has 1 atom stereocenters.